The number of carbonyl (C=O) groups excluding carboxylic acids is 1. The van der Waals surface area contributed by atoms with Crippen LogP contribution in [0.4, 0.5) is 15.9 Å². The van der Waals surface area contributed by atoms with Crippen LogP contribution in [0.25, 0.3) is 0 Å². The van der Waals surface area contributed by atoms with Gasteiger partial charge in [-0.1, -0.05) is 12.1 Å². The predicted octanol–water partition coefficient (Wildman–Crippen LogP) is 3.48. The van der Waals surface area contributed by atoms with E-state index in [0.29, 0.717) is 12.4 Å². The summed E-state index contributed by atoms with van der Waals surface area (Å²) in [7, 11) is 0. The first-order valence-electron chi connectivity index (χ1n) is 7.36. The number of hydrogen-bond acceptors (Lipinski definition) is 4. The van der Waals surface area contributed by atoms with Crippen LogP contribution >= 0.6 is 0 Å². The minimum absolute atomic E-state index is 0.246. The highest BCUT2D eigenvalue weighted by atomic mass is 19.1. The molecule has 2 aromatic heterocycles. The van der Waals surface area contributed by atoms with Crippen molar-refractivity contribution in [2.24, 2.45) is 0 Å². The maximum atomic E-state index is 13.1. The van der Waals surface area contributed by atoms with Crippen molar-refractivity contribution in [3.63, 3.8) is 0 Å². The molecule has 6 heteroatoms. The molecule has 3 rings (SSSR count). The molecule has 120 valence electrons. The molecule has 2 N–H and O–H groups in total. The number of aromatic nitrogens is 2. The molecule has 0 aliphatic carbocycles. The number of carbonyl (C=O) groups is 1. The Balaban J connectivity index is 1.59. The van der Waals surface area contributed by atoms with E-state index in [0.717, 1.165) is 11.3 Å². The second kappa shape index (κ2) is 7.32. The summed E-state index contributed by atoms with van der Waals surface area (Å²) in [5, 5.41) is 5.85. The zero-order chi connectivity index (χ0) is 16.8. The summed E-state index contributed by atoms with van der Waals surface area (Å²) in [6.07, 6.45) is 5.13. The monoisotopic (exact) mass is 322 g/mol. The van der Waals surface area contributed by atoms with Crippen LogP contribution in [-0.4, -0.2) is 15.9 Å². The van der Waals surface area contributed by atoms with E-state index in [9.17, 15) is 9.18 Å². The fraction of sp³-hybridized carbons (Fsp3) is 0.0556. The van der Waals surface area contributed by atoms with Crippen LogP contribution in [0.1, 0.15) is 15.9 Å². The Hall–Kier alpha value is -3.28. The second-order valence-electron chi connectivity index (χ2n) is 5.11. The van der Waals surface area contributed by atoms with Crippen molar-refractivity contribution >= 4 is 17.4 Å². The minimum Gasteiger partial charge on any atom is -0.380 e. The molecule has 0 saturated heterocycles. The van der Waals surface area contributed by atoms with Crippen LogP contribution in [0.3, 0.4) is 0 Å². The Morgan fingerprint density at radius 1 is 1.08 bits per heavy atom. The molecule has 1 aromatic carbocycles. The third-order valence-electron chi connectivity index (χ3n) is 3.31. The van der Waals surface area contributed by atoms with Crippen LogP contribution in [-0.2, 0) is 6.54 Å². The molecule has 0 aliphatic heterocycles. The van der Waals surface area contributed by atoms with E-state index in [4.69, 9.17) is 0 Å². The SMILES string of the molecule is O=C(Nc1ccc(NCc2cccnc2)cn1)c1cccc(F)c1. The molecule has 0 fully saturated rings. The van der Waals surface area contributed by atoms with Gasteiger partial charge >= 0.3 is 0 Å². The van der Waals surface area contributed by atoms with E-state index in [1.54, 1.807) is 30.7 Å². The number of hydrogen-bond donors (Lipinski definition) is 2. The normalized spacial score (nSPS) is 10.2. The molecule has 0 radical (unpaired) electrons. The Bertz CT molecular complexity index is 822. The van der Waals surface area contributed by atoms with Gasteiger partial charge in [0, 0.05) is 24.5 Å². The van der Waals surface area contributed by atoms with Gasteiger partial charge in [0.15, 0.2) is 0 Å². The van der Waals surface area contributed by atoms with Crippen LogP contribution < -0.4 is 10.6 Å². The molecule has 3 aromatic rings. The average molecular weight is 322 g/mol. The summed E-state index contributed by atoms with van der Waals surface area (Å²) in [6, 6.07) is 12.8. The van der Waals surface area contributed by atoms with Crippen molar-refractivity contribution in [3.8, 4) is 0 Å². The third-order valence-corrected chi connectivity index (χ3v) is 3.31. The standard InChI is InChI=1S/C18H15FN4O/c19-15-5-1-4-14(9-15)18(24)23-17-7-6-16(12-22-17)21-11-13-3-2-8-20-10-13/h1-10,12,21H,11H2,(H,22,23,24). The molecule has 0 spiro atoms. The highest BCUT2D eigenvalue weighted by molar-refractivity contribution is 6.03. The molecule has 0 bridgehead atoms. The van der Waals surface area contributed by atoms with Gasteiger partial charge in [-0.25, -0.2) is 9.37 Å². The number of benzene rings is 1. The van der Waals surface area contributed by atoms with Crippen LogP contribution in [0, 0.1) is 5.82 Å². The lowest BCUT2D eigenvalue weighted by molar-refractivity contribution is 0.102. The number of nitrogens with one attached hydrogen (secondary N) is 2. The summed E-state index contributed by atoms with van der Waals surface area (Å²) in [4.78, 5) is 20.2. The van der Waals surface area contributed by atoms with Crippen molar-refractivity contribution in [1.29, 1.82) is 0 Å². The second-order valence-corrected chi connectivity index (χ2v) is 5.11. The fourth-order valence-electron chi connectivity index (χ4n) is 2.10. The molecule has 24 heavy (non-hydrogen) atoms. The summed E-state index contributed by atoms with van der Waals surface area (Å²) in [5.41, 5.74) is 2.12. The van der Waals surface area contributed by atoms with Crippen molar-refractivity contribution in [3.05, 3.63) is 84.1 Å². The maximum Gasteiger partial charge on any atom is 0.256 e. The van der Waals surface area contributed by atoms with Crippen LogP contribution in [0.5, 0.6) is 0 Å². The first-order chi connectivity index (χ1) is 11.7. The van der Waals surface area contributed by atoms with Crippen molar-refractivity contribution in [2.75, 3.05) is 10.6 Å². The number of pyridine rings is 2. The summed E-state index contributed by atoms with van der Waals surface area (Å²) >= 11 is 0. The molecule has 0 saturated carbocycles. The minimum atomic E-state index is -0.453. The van der Waals surface area contributed by atoms with Crippen molar-refractivity contribution in [1.82, 2.24) is 9.97 Å². The zero-order valence-electron chi connectivity index (χ0n) is 12.7. The molecular formula is C18H15FN4O. The topological polar surface area (TPSA) is 66.9 Å². The highest BCUT2D eigenvalue weighted by Crippen LogP contribution is 2.12. The molecule has 0 aliphatic rings. The van der Waals surface area contributed by atoms with E-state index in [2.05, 4.69) is 20.6 Å². The van der Waals surface area contributed by atoms with E-state index < -0.39 is 11.7 Å². The van der Waals surface area contributed by atoms with Gasteiger partial charge in [-0.05, 0) is 42.0 Å². The van der Waals surface area contributed by atoms with Crippen LogP contribution in [0.2, 0.25) is 0 Å². The van der Waals surface area contributed by atoms with E-state index in [-0.39, 0.29) is 5.56 Å². The number of nitrogens with zero attached hydrogens (tertiary/aromatic N) is 2. The Morgan fingerprint density at radius 2 is 2.00 bits per heavy atom. The quantitative estimate of drug-likeness (QED) is 0.755. The molecule has 1 amide bonds. The fourth-order valence-corrected chi connectivity index (χ4v) is 2.10. The van der Waals surface area contributed by atoms with Gasteiger partial charge in [0.25, 0.3) is 5.91 Å². The number of anilines is 2. The van der Waals surface area contributed by atoms with Gasteiger partial charge in [-0.3, -0.25) is 9.78 Å². The first kappa shape index (κ1) is 15.6. The van der Waals surface area contributed by atoms with E-state index >= 15 is 0 Å². The maximum absolute atomic E-state index is 13.1. The molecule has 0 atom stereocenters. The summed E-state index contributed by atoms with van der Waals surface area (Å²) in [6.45, 7) is 0.629. The third kappa shape index (κ3) is 4.13. The van der Waals surface area contributed by atoms with Gasteiger partial charge < -0.3 is 10.6 Å². The van der Waals surface area contributed by atoms with Gasteiger partial charge in [0.05, 0.1) is 11.9 Å². The van der Waals surface area contributed by atoms with E-state index in [1.165, 1.54) is 18.2 Å². The lowest BCUT2D eigenvalue weighted by atomic mass is 10.2. The first-order valence-corrected chi connectivity index (χ1v) is 7.36. The number of halogens is 1. The highest BCUT2D eigenvalue weighted by Gasteiger charge is 2.07. The summed E-state index contributed by atoms with van der Waals surface area (Å²) in [5.74, 6) is -0.459. The molecule has 5 nitrogen and oxygen atoms in total. The molecule has 0 unspecified atom stereocenters. The van der Waals surface area contributed by atoms with Crippen LogP contribution in [0.15, 0.2) is 67.1 Å². The van der Waals surface area contributed by atoms with Crippen molar-refractivity contribution < 1.29 is 9.18 Å². The van der Waals surface area contributed by atoms with Crippen molar-refractivity contribution in [2.45, 2.75) is 6.54 Å². The predicted molar refractivity (Wildman–Crippen MR) is 90.2 cm³/mol. The van der Waals surface area contributed by atoms with E-state index in [1.807, 2.05) is 18.2 Å². The van der Waals surface area contributed by atoms with Gasteiger partial charge in [-0.2, -0.15) is 0 Å². The van der Waals surface area contributed by atoms with Gasteiger partial charge in [0.2, 0.25) is 0 Å². The lowest BCUT2D eigenvalue weighted by Crippen LogP contribution is -2.13. The summed E-state index contributed by atoms with van der Waals surface area (Å²) < 4.78 is 13.1. The lowest BCUT2D eigenvalue weighted by Gasteiger charge is -2.08. The number of rotatable bonds is 5. The molecule has 2 heterocycles. The Morgan fingerprint density at radius 3 is 2.71 bits per heavy atom. The zero-order valence-corrected chi connectivity index (χ0v) is 12.7. The molecular weight excluding hydrogens is 307 g/mol. The smallest absolute Gasteiger partial charge is 0.256 e. The van der Waals surface area contributed by atoms with Gasteiger partial charge in [-0.15, -0.1) is 0 Å². The Labute approximate surface area is 138 Å². The Kier molecular flexibility index (Phi) is 4.76. The number of amides is 1. The largest absolute Gasteiger partial charge is 0.380 e. The average Bonchev–Trinajstić information content (AvgIpc) is 2.62. The van der Waals surface area contributed by atoms with Gasteiger partial charge in [0.1, 0.15) is 11.6 Å².